The first-order valence-corrected chi connectivity index (χ1v) is 19.6. The van der Waals surface area contributed by atoms with Gasteiger partial charge in [-0.3, -0.25) is 0 Å². The summed E-state index contributed by atoms with van der Waals surface area (Å²) in [4.78, 5) is 0. The number of alkyl halides is 6. The lowest BCUT2D eigenvalue weighted by molar-refractivity contribution is -0.277. The van der Waals surface area contributed by atoms with Crippen molar-refractivity contribution in [1.29, 1.82) is 0 Å². The molecule has 0 spiro atoms. The highest BCUT2D eigenvalue weighted by molar-refractivity contribution is 5.73. The maximum absolute atomic E-state index is 15.1. The third-order valence-corrected chi connectivity index (χ3v) is 10.3. The van der Waals surface area contributed by atoms with Gasteiger partial charge in [0, 0.05) is 0 Å². The fraction of sp³-hybridized carbons (Fsp3) is 0.378. The molecule has 0 saturated heterocycles. The predicted molar refractivity (Wildman–Crippen MR) is 202 cm³/mol. The summed E-state index contributed by atoms with van der Waals surface area (Å²) in [5.74, 6) is -14.2. The molecule has 0 bridgehead atoms. The first-order valence-electron chi connectivity index (χ1n) is 19.6. The molecule has 6 rings (SSSR count). The number of allylic oxidation sites excluding steroid dienone is 2. The van der Waals surface area contributed by atoms with Crippen molar-refractivity contribution in [2.75, 3.05) is 0 Å². The Morgan fingerprint density at radius 2 is 0.787 bits per heavy atom. The number of benzene rings is 4. The summed E-state index contributed by atoms with van der Waals surface area (Å²) in [6.07, 6.45) is 3.64. The summed E-state index contributed by atoms with van der Waals surface area (Å²) in [5.41, 5.74) is 0.855. The molecule has 0 atom stereocenters. The number of rotatable bonds is 13. The van der Waals surface area contributed by atoms with Gasteiger partial charge in [-0.05, 0) is 121 Å². The van der Waals surface area contributed by atoms with Gasteiger partial charge in [0.1, 0.15) is 23.3 Å². The van der Waals surface area contributed by atoms with Crippen LogP contribution in [-0.4, -0.2) is 12.7 Å². The summed E-state index contributed by atoms with van der Waals surface area (Å²) in [6, 6.07) is 3.88. The lowest BCUT2D eigenvalue weighted by atomic mass is 9.87. The van der Waals surface area contributed by atoms with Crippen LogP contribution >= 0.6 is 0 Å². The molecule has 0 unspecified atom stereocenters. The van der Waals surface area contributed by atoms with Crippen molar-refractivity contribution in [3.63, 3.8) is 0 Å². The molecule has 4 aromatic rings. The molecule has 0 saturated carbocycles. The van der Waals surface area contributed by atoms with Gasteiger partial charge in [0.05, 0.1) is 11.1 Å². The molecule has 0 fully saturated rings. The normalized spacial score (nSPS) is 13.8. The Morgan fingerprint density at radius 3 is 1.13 bits per heavy atom. The molecule has 0 amide bonds. The highest BCUT2D eigenvalue weighted by Gasteiger charge is 2.36. The van der Waals surface area contributed by atoms with Gasteiger partial charge in [-0.15, -0.1) is 26.3 Å². The smallest absolute Gasteiger partial charge is 0.399 e. The Bertz CT molecular complexity index is 2240. The topological polar surface area (TPSA) is 18.5 Å². The minimum Gasteiger partial charge on any atom is -0.399 e. The summed E-state index contributed by atoms with van der Waals surface area (Å²) in [5, 5.41) is 0. The summed E-state index contributed by atoms with van der Waals surface area (Å²) in [6.45, 7) is 4.18. The Balaban J connectivity index is 0.000000231. The third kappa shape index (κ3) is 11.9. The largest absolute Gasteiger partial charge is 0.573 e. The van der Waals surface area contributed by atoms with Crippen LogP contribution in [0.1, 0.15) is 107 Å². The number of hydrogen-bond donors (Lipinski definition) is 0. The van der Waals surface area contributed by atoms with Crippen LogP contribution in [0.3, 0.4) is 0 Å². The maximum Gasteiger partial charge on any atom is 0.573 e. The second-order valence-corrected chi connectivity index (χ2v) is 14.7. The van der Waals surface area contributed by atoms with Crippen molar-refractivity contribution in [3.05, 3.63) is 116 Å². The fourth-order valence-electron chi connectivity index (χ4n) is 7.42. The molecular weight excluding hydrogens is 838 g/mol. The second kappa shape index (κ2) is 19.8. The van der Waals surface area contributed by atoms with Gasteiger partial charge >= 0.3 is 12.7 Å². The first-order chi connectivity index (χ1) is 28.7. The van der Waals surface area contributed by atoms with E-state index in [1.165, 1.54) is 0 Å². The Hall–Kier alpha value is -5.02. The molecule has 0 N–H and O–H groups in total. The van der Waals surface area contributed by atoms with Crippen LogP contribution in [-0.2, 0) is 12.8 Å². The van der Waals surface area contributed by atoms with E-state index in [9.17, 15) is 52.7 Å². The molecule has 330 valence electrons. The lowest BCUT2D eigenvalue weighted by Crippen LogP contribution is -2.19. The average Bonchev–Trinajstić information content (AvgIpc) is 3.16. The van der Waals surface area contributed by atoms with Gasteiger partial charge in [0.15, 0.2) is 23.3 Å². The molecule has 2 aliphatic carbocycles. The minimum atomic E-state index is -5.31. The quantitative estimate of drug-likeness (QED) is 0.0984. The highest BCUT2D eigenvalue weighted by atomic mass is 19.4. The van der Waals surface area contributed by atoms with Gasteiger partial charge < -0.3 is 9.47 Å². The van der Waals surface area contributed by atoms with E-state index < -0.39 is 93.0 Å². The zero-order chi connectivity index (χ0) is 44.8. The number of ether oxygens (including phenoxy) is 2. The molecular formula is C45H40F14O2. The van der Waals surface area contributed by atoms with E-state index >= 15 is 8.78 Å². The molecule has 61 heavy (non-hydrogen) atoms. The molecule has 0 aliphatic heterocycles. The standard InChI is InChI=1S/C23H21F7O.C22H19F7O/c1-2-3-4-5-6-13-7-8-16-14(9-13)10-17(24)20(21(16)27)15-11-18(25)22(19(26)12-15)31-23(28,29)30;1-2-3-4-5-12-6-7-15-13(8-12)9-16(23)19(20(15)26)14-10-17(24)21(18(25)11-14)30-22(27,28)29/h9-12H,2-8H2,1H3;8-11H,2-7H2,1H3. The van der Waals surface area contributed by atoms with Crippen molar-refractivity contribution in [2.45, 2.75) is 110 Å². The van der Waals surface area contributed by atoms with Gasteiger partial charge in [-0.2, -0.15) is 0 Å². The predicted octanol–water partition coefficient (Wildman–Crippen LogP) is 15.8. The Morgan fingerprint density at radius 1 is 0.443 bits per heavy atom. The highest BCUT2D eigenvalue weighted by Crippen LogP contribution is 2.41. The monoisotopic (exact) mass is 878 g/mol. The van der Waals surface area contributed by atoms with E-state index in [1.807, 2.05) is 0 Å². The van der Waals surface area contributed by atoms with Crippen molar-refractivity contribution in [1.82, 2.24) is 0 Å². The second-order valence-electron chi connectivity index (χ2n) is 14.7. The Kier molecular flexibility index (Phi) is 15.3. The number of fused-ring (bicyclic) bond motifs is 2. The van der Waals surface area contributed by atoms with E-state index in [0.717, 1.165) is 81.1 Å². The summed E-state index contributed by atoms with van der Waals surface area (Å²) >= 11 is 0. The van der Waals surface area contributed by atoms with Crippen LogP contribution in [0.5, 0.6) is 11.5 Å². The SMILES string of the molecule is CCCCCC1=Cc2cc(F)c(-c3cc(F)c(OC(F)(F)F)c(F)c3)c(F)c2CC1.CCCCCCC1=Cc2cc(F)c(-c3cc(F)c(OC(F)(F)F)c(F)c3)c(F)c2CC1. The zero-order valence-corrected chi connectivity index (χ0v) is 32.9. The zero-order valence-electron chi connectivity index (χ0n) is 32.9. The van der Waals surface area contributed by atoms with Gasteiger partial charge in [-0.1, -0.05) is 69.2 Å². The van der Waals surface area contributed by atoms with E-state index in [1.54, 1.807) is 12.2 Å². The van der Waals surface area contributed by atoms with Crippen molar-refractivity contribution < 1.29 is 70.9 Å². The van der Waals surface area contributed by atoms with E-state index in [0.29, 0.717) is 61.1 Å². The molecule has 2 aliphatic rings. The first kappa shape index (κ1) is 47.0. The van der Waals surface area contributed by atoms with Crippen LogP contribution in [0.2, 0.25) is 0 Å². The number of hydrogen-bond acceptors (Lipinski definition) is 2. The Labute approximate surface area is 342 Å². The van der Waals surface area contributed by atoms with Gasteiger partial charge in [-0.25, -0.2) is 35.1 Å². The lowest BCUT2D eigenvalue weighted by Gasteiger charge is -2.20. The summed E-state index contributed by atoms with van der Waals surface area (Å²) < 4.78 is 196. The average molecular weight is 879 g/mol. The van der Waals surface area contributed by atoms with E-state index in [2.05, 4.69) is 23.3 Å². The van der Waals surface area contributed by atoms with Gasteiger partial charge in [0.2, 0.25) is 11.5 Å². The third-order valence-electron chi connectivity index (χ3n) is 10.3. The molecule has 2 nitrogen and oxygen atoms in total. The van der Waals surface area contributed by atoms with Crippen molar-refractivity contribution in [2.24, 2.45) is 0 Å². The van der Waals surface area contributed by atoms with Crippen LogP contribution in [0.4, 0.5) is 61.5 Å². The molecule has 16 heteroatoms. The molecule has 0 heterocycles. The molecule has 4 aromatic carbocycles. The van der Waals surface area contributed by atoms with Crippen LogP contribution in [0.15, 0.2) is 47.5 Å². The summed E-state index contributed by atoms with van der Waals surface area (Å²) in [7, 11) is 0. The van der Waals surface area contributed by atoms with Crippen LogP contribution in [0, 0.1) is 46.5 Å². The minimum absolute atomic E-state index is 0.210. The number of halogens is 14. The van der Waals surface area contributed by atoms with Crippen LogP contribution < -0.4 is 9.47 Å². The maximum atomic E-state index is 15.1. The molecule has 0 aromatic heterocycles. The van der Waals surface area contributed by atoms with E-state index in [-0.39, 0.29) is 11.1 Å². The van der Waals surface area contributed by atoms with E-state index in [4.69, 9.17) is 0 Å². The molecule has 0 radical (unpaired) electrons. The van der Waals surface area contributed by atoms with Crippen molar-refractivity contribution in [3.8, 4) is 33.8 Å². The van der Waals surface area contributed by atoms with Gasteiger partial charge in [0.25, 0.3) is 0 Å². The van der Waals surface area contributed by atoms with Crippen molar-refractivity contribution >= 4 is 12.2 Å². The fourth-order valence-corrected chi connectivity index (χ4v) is 7.42. The number of unbranched alkanes of at least 4 members (excludes halogenated alkanes) is 5. The van der Waals surface area contributed by atoms with Crippen LogP contribution in [0.25, 0.3) is 34.4 Å².